The number of rotatable bonds is 4. The maximum absolute atomic E-state index is 13.7. The van der Waals surface area contributed by atoms with Gasteiger partial charge in [0.05, 0.1) is 6.42 Å². The van der Waals surface area contributed by atoms with E-state index in [4.69, 9.17) is 0 Å². The number of nitrogens with one attached hydrogen (secondary N) is 1. The molecule has 0 saturated heterocycles. The van der Waals surface area contributed by atoms with Crippen molar-refractivity contribution in [2.75, 3.05) is 5.32 Å². The van der Waals surface area contributed by atoms with Gasteiger partial charge >= 0.3 is 0 Å². The molecule has 0 aliphatic rings. The maximum atomic E-state index is 13.7. The molecule has 1 aromatic carbocycles. The molecule has 0 spiro atoms. The molecule has 0 aliphatic carbocycles. The van der Waals surface area contributed by atoms with Crippen molar-refractivity contribution in [1.29, 1.82) is 0 Å². The lowest BCUT2D eigenvalue weighted by Gasteiger charge is -2.05. The summed E-state index contributed by atoms with van der Waals surface area (Å²) in [7, 11) is 0. The fourth-order valence-corrected chi connectivity index (χ4v) is 2.27. The summed E-state index contributed by atoms with van der Waals surface area (Å²) in [5.41, 5.74) is 1.92. The standard InChI is InChI=1S/C16H15FN4O/c1-2-12-7-6-11(9-13(12)17)10-15(22)18-16-20-19-14-5-3-4-8-21(14)16/h3-9H,2,10H2,1H3,(H,18,20,22). The molecule has 0 unspecified atom stereocenters. The maximum Gasteiger partial charge on any atom is 0.235 e. The third kappa shape index (κ3) is 2.81. The predicted octanol–water partition coefficient (Wildman–Crippen LogP) is 2.61. The molecule has 0 aliphatic heterocycles. The molecule has 0 saturated carbocycles. The van der Waals surface area contributed by atoms with Crippen LogP contribution in [0.15, 0.2) is 42.6 Å². The van der Waals surface area contributed by atoms with Crippen LogP contribution >= 0.6 is 0 Å². The number of hydrogen-bond donors (Lipinski definition) is 1. The van der Waals surface area contributed by atoms with Crippen molar-refractivity contribution in [2.24, 2.45) is 0 Å². The number of aryl methyl sites for hydroxylation is 1. The second-order valence-electron chi connectivity index (χ2n) is 4.96. The molecule has 2 aromatic heterocycles. The van der Waals surface area contributed by atoms with E-state index in [1.807, 2.05) is 19.1 Å². The highest BCUT2D eigenvalue weighted by Crippen LogP contribution is 2.13. The minimum absolute atomic E-state index is 0.0860. The van der Waals surface area contributed by atoms with Crippen molar-refractivity contribution in [2.45, 2.75) is 19.8 Å². The van der Waals surface area contributed by atoms with Crippen LogP contribution in [-0.4, -0.2) is 20.5 Å². The van der Waals surface area contributed by atoms with Crippen molar-refractivity contribution in [3.63, 3.8) is 0 Å². The number of pyridine rings is 1. The van der Waals surface area contributed by atoms with Crippen LogP contribution in [0.25, 0.3) is 5.65 Å². The van der Waals surface area contributed by atoms with E-state index >= 15 is 0 Å². The summed E-state index contributed by atoms with van der Waals surface area (Å²) >= 11 is 0. The van der Waals surface area contributed by atoms with E-state index in [1.54, 1.807) is 28.8 Å². The average Bonchev–Trinajstić information content (AvgIpc) is 2.91. The average molecular weight is 298 g/mol. The first-order valence-electron chi connectivity index (χ1n) is 7.04. The summed E-state index contributed by atoms with van der Waals surface area (Å²) in [6, 6.07) is 10.3. The second kappa shape index (κ2) is 5.93. The first kappa shape index (κ1) is 14.2. The molecule has 112 valence electrons. The normalized spacial score (nSPS) is 10.8. The van der Waals surface area contributed by atoms with Gasteiger partial charge in [-0.1, -0.05) is 25.1 Å². The Bertz CT molecular complexity index is 828. The van der Waals surface area contributed by atoms with Crippen LogP contribution in [0.5, 0.6) is 0 Å². The first-order valence-corrected chi connectivity index (χ1v) is 7.04. The van der Waals surface area contributed by atoms with Crippen molar-refractivity contribution < 1.29 is 9.18 Å². The van der Waals surface area contributed by atoms with Crippen LogP contribution < -0.4 is 5.32 Å². The highest BCUT2D eigenvalue weighted by atomic mass is 19.1. The number of halogens is 1. The molecule has 0 fully saturated rings. The van der Waals surface area contributed by atoms with Crippen molar-refractivity contribution in [1.82, 2.24) is 14.6 Å². The Morgan fingerprint density at radius 3 is 2.91 bits per heavy atom. The van der Waals surface area contributed by atoms with Gasteiger partial charge in [0.2, 0.25) is 11.9 Å². The summed E-state index contributed by atoms with van der Waals surface area (Å²) in [5.74, 6) is -0.186. The first-order chi connectivity index (χ1) is 10.7. The molecular weight excluding hydrogens is 283 g/mol. The lowest BCUT2D eigenvalue weighted by molar-refractivity contribution is -0.115. The SMILES string of the molecule is CCc1ccc(CC(=O)Nc2nnc3ccccn23)cc1F. The van der Waals surface area contributed by atoms with Crippen LogP contribution in [0.4, 0.5) is 10.3 Å². The molecule has 1 N–H and O–H groups in total. The van der Waals surface area contributed by atoms with Crippen LogP contribution in [-0.2, 0) is 17.6 Å². The Kier molecular flexibility index (Phi) is 3.82. The monoisotopic (exact) mass is 298 g/mol. The van der Waals surface area contributed by atoms with E-state index in [9.17, 15) is 9.18 Å². The van der Waals surface area contributed by atoms with Gasteiger partial charge in [0.1, 0.15) is 5.82 Å². The molecule has 0 radical (unpaired) electrons. The Labute approximate surface area is 126 Å². The minimum atomic E-state index is -0.277. The van der Waals surface area contributed by atoms with Gasteiger partial charge in [-0.05, 0) is 35.7 Å². The third-order valence-corrected chi connectivity index (χ3v) is 3.43. The van der Waals surface area contributed by atoms with Gasteiger partial charge in [-0.25, -0.2) is 4.39 Å². The molecule has 1 amide bonds. The number of anilines is 1. The highest BCUT2D eigenvalue weighted by Gasteiger charge is 2.10. The Morgan fingerprint density at radius 1 is 1.27 bits per heavy atom. The van der Waals surface area contributed by atoms with E-state index in [1.165, 1.54) is 6.07 Å². The Balaban J connectivity index is 1.74. The summed E-state index contributed by atoms with van der Waals surface area (Å²) < 4.78 is 15.4. The number of fused-ring (bicyclic) bond motifs is 1. The number of carbonyl (C=O) groups excluding carboxylic acids is 1. The van der Waals surface area contributed by atoms with E-state index in [0.717, 1.165) is 0 Å². The Morgan fingerprint density at radius 2 is 2.14 bits per heavy atom. The minimum Gasteiger partial charge on any atom is -0.294 e. The van der Waals surface area contributed by atoms with E-state index < -0.39 is 0 Å². The fraction of sp³-hybridized carbons (Fsp3) is 0.188. The molecule has 5 nitrogen and oxygen atoms in total. The summed E-state index contributed by atoms with van der Waals surface area (Å²) in [5, 5.41) is 10.6. The van der Waals surface area contributed by atoms with Crippen molar-refractivity contribution >= 4 is 17.5 Å². The number of carbonyl (C=O) groups is 1. The van der Waals surface area contributed by atoms with Gasteiger partial charge in [-0.2, -0.15) is 0 Å². The molecule has 3 rings (SSSR count). The zero-order valence-electron chi connectivity index (χ0n) is 12.1. The molecular formula is C16H15FN4O. The topological polar surface area (TPSA) is 59.3 Å². The lowest BCUT2D eigenvalue weighted by atomic mass is 10.1. The molecule has 0 bridgehead atoms. The smallest absolute Gasteiger partial charge is 0.235 e. The molecule has 0 atom stereocenters. The zero-order chi connectivity index (χ0) is 15.5. The van der Waals surface area contributed by atoms with Gasteiger partial charge in [-0.15, -0.1) is 10.2 Å². The van der Waals surface area contributed by atoms with Gasteiger partial charge in [0, 0.05) is 6.20 Å². The molecule has 22 heavy (non-hydrogen) atoms. The quantitative estimate of drug-likeness (QED) is 0.805. The van der Waals surface area contributed by atoms with Gasteiger partial charge in [0.25, 0.3) is 0 Å². The third-order valence-electron chi connectivity index (χ3n) is 3.43. The number of amides is 1. The predicted molar refractivity (Wildman–Crippen MR) is 81.1 cm³/mol. The number of nitrogens with zero attached hydrogens (tertiary/aromatic N) is 3. The largest absolute Gasteiger partial charge is 0.294 e. The van der Waals surface area contributed by atoms with Crippen LogP contribution in [0, 0.1) is 5.82 Å². The molecule has 2 heterocycles. The van der Waals surface area contributed by atoms with Crippen LogP contribution in [0.3, 0.4) is 0 Å². The molecule has 3 aromatic rings. The number of hydrogen-bond acceptors (Lipinski definition) is 3. The summed E-state index contributed by atoms with van der Waals surface area (Å²) in [6.45, 7) is 1.89. The van der Waals surface area contributed by atoms with E-state index in [-0.39, 0.29) is 18.1 Å². The number of aromatic nitrogens is 3. The van der Waals surface area contributed by atoms with Gasteiger partial charge in [0.15, 0.2) is 5.65 Å². The van der Waals surface area contributed by atoms with Crippen LogP contribution in [0.2, 0.25) is 0 Å². The Hall–Kier alpha value is -2.76. The fourth-order valence-electron chi connectivity index (χ4n) is 2.27. The number of benzene rings is 1. The van der Waals surface area contributed by atoms with Crippen LogP contribution in [0.1, 0.15) is 18.1 Å². The van der Waals surface area contributed by atoms with Crippen molar-refractivity contribution in [3.8, 4) is 0 Å². The second-order valence-corrected chi connectivity index (χ2v) is 4.96. The summed E-state index contributed by atoms with van der Waals surface area (Å²) in [4.78, 5) is 12.1. The van der Waals surface area contributed by atoms with Gasteiger partial charge < -0.3 is 0 Å². The lowest BCUT2D eigenvalue weighted by Crippen LogP contribution is -2.16. The van der Waals surface area contributed by atoms with E-state index in [2.05, 4.69) is 15.5 Å². The van der Waals surface area contributed by atoms with Gasteiger partial charge in [-0.3, -0.25) is 14.5 Å². The summed E-state index contributed by atoms with van der Waals surface area (Å²) in [6.07, 6.45) is 2.48. The highest BCUT2D eigenvalue weighted by molar-refractivity contribution is 5.91. The van der Waals surface area contributed by atoms with E-state index in [0.29, 0.717) is 29.1 Å². The molecule has 6 heteroatoms. The van der Waals surface area contributed by atoms with Crippen molar-refractivity contribution in [3.05, 3.63) is 59.5 Å². The zero-order valence-corrected chi connectivity index (χ0v) is 12.1.